The lowest BCUT2D eigenvalue weighted by atomic mass is 9.85. The van der Waals surface area contributed by atoms with E-state index >= 15 is 0 Å². The zero-order valence-corrected chi connectivity index (χ0v) is 22.8. The van der Waals surface area contributed by atoms with E-state index in [1.54, 1.807) is 16.2 Å². The average molecular weight is 501 g/mol. The maximum atomic E-state index is 13.6. The summed E-state index contributed by atoms with van der Waals surface area (Å²) in [5, 5.41) is 16.9. The van der Waals surface area contributed by atoms with Crippen molar-refractivity contribution in [3.63, 3.8) is 0 Å². The number of nitrogens with one attached hydrogen (secondary N) is 2. The van der Waals surface area contributed by atoms with Crippen molar-refractivity contribution >= 4 is 23.2 Å². The van der Waals surface area contributed by atoms with Crippen molar-refractivity contribution in [2.45, 2.75) is 91.6 Å². The second kappa shape index (κ2) is 11.2. The van der Waals surface area contributed by atoms with Crippen molar-refractivity contribution in [2.24, 2.45) is 5.41 Å². The molecule has 0 radical (unpaired) electrons. The van der Waals surface area contributed by atoms with Gasteiger partial charge >= 0.3 is 0 Å². The normalized spacial score (nSPS) is 20.2. The Morgan fingerprint density at radius 1 is 1.23 bits per heavy atom. The molecule has 7 nitrogen and oxygen atoms in total. The number of aromatic nitrogens is 1. The lowest BCUT2D eigenvalue weighted by Gasteiger charge is -2.36. The van der Waals surface area contributed by atoms with E-state index in [4.69, 9.17) is 0 Å². The summed E-state index contributed by atoms with van der Waals surface area (Å²) in [6.07, 6.45) is 0.250. The molecule has 8 heteroatoms. The van der Waals surface area contributed by atoms with Gasteiger partial charge in [0.15, 0.2) is 0 Å². The first-order chi connectivity index (χ1) is 16.4. The van der Waals surface area contributed by atoms with E-state index in [2.05, 4.69) is 27.8 Å². The van der Waals surface area contributed by atoms with Gasteiger partial charge in [-0.15, -0.1) is 11.3 Å². The fraction of sp³-hybridized carbons (Fsp3) is 0.593. The van der Waals surface area contributed by atoms with E-state index in [-0.39, 0.29) is 42.3 Å². The Morgan fingerprint density at radius 2 is 1.89 bits per heavy atom. The number of rotatable bonds is 8. The summed E-state index contributed by atoms with van der Waals surface area (Å²) in [6.45, 7) is 14.2. The van der Waals surface area contributed by atoms with E-state index in [0.717, 1.165) is 21.7 Å². The largest absolute Gasteiger partial charge is 0.391 e. The number of aliphatic hydroxyl groups excluding tert-OH is 1. The summed E-state index contributed by atoms with van der Waals surface area (Å²) in [5.41, 5.74) is 4.64. The second-order valence-corrected chi connectivity index (χ2v) is 11.7. The maximum absolute atomic E-state index is 13.6. The average Bonchev–Trinajstić information content (AvgIpc) is 3.40. The van der Waals surface area contributed by atoms with Crippen LogP contribution in [-0.2, 0) is 9.59 Å². The van der Waals surface area contributed by atoms with Crippen LogP contribution in [0.4, 0.5) is 0 Å². The Hall–Kier alpha value is -2.29. The smallest absolute Gasteiger partial charge is 0.243 e. The molecule has 3 N–H and O–H groups in total. The highest BCUT2D eigenvalue weighted by Gasteiger charge is 2.44. The predicted molar refractivity (Wildman–Crippen MR) is 141 cm³/mol. The molecule has 0 spiro atoms. The van der Waals surface area contributed by atoms with Gasteiger partial charge in [-0.05, 0) is 29.9 Å². The molecule has 0 saturated carbocycles. The number of carbonyl (C=O) groups is 2. The zero-order chi connectivity index (χ0) is 25.9. The van der Waals surface area contributed by atoms with Gasteiger partial charge in [-0.1, -0.05) is 65.8 Å². The molecule has 4 atom stereocenters. The van der Waals surface area contributed by atoms with Crippen LogP contribution in [0.5, 0.6) is 0 Å². The Morgan fingerprint density at radius 3 is 2.40 bits per heavy atom. The second-order valence-electron chi connectivity index (χ2n) is 10.9. The van der Waals surface area contributed by atoms with Crippen LogP contribution in [-0.4, -0.2) is 57.6 Å². The first-order valence-electron chi connectivity index (χ1n) is 12.5. The first-order valence-corrected chi connectivity index (χ1v) is 13.4. The molecule has 1 aliphatic heterocycles. The van der Waals surface area contributed by atoms with Gasteiger partial charge < -0.3 is 20.6 Å². The van der Waals surface area contributed by atoms with Crippen molar-refractivity contribution in [1.82, 2.24) is 20.5 Å². The van der Waals surface area contributed by atoms with Crippen LogP contribution < -0.4 is 10.6 Å². The molecule has 2 aromatic rings. The molecule has 1 aromatic carbocycles. The van der Waals surface area contributed by atoms with Gasteiger partial charge in [0.2, 0.25) is 11.8 Å². The zero-order valence-electron chi connectivity index (χ0n) is 22.0. The van der Waals surface area contributed by atoms with Gasteiger partial charge in [0, 0.05) is 19.0 Å². The Labute approximate surface area is 213 Å². The minimum atomic E-state index is -0.712. The van der Waals surface area contributed by atoms with Gasteiger partial charge in [0.25, 0.3) is 0 Å². The number of carbonyl (C=O) groups excluding carboxylic acids is 2. The molecule has 2 heterocycles. The van der Waals surface area contributed by atoms with Crippen LogP contribution in [0, 0.1) is 12.3 Å². The van der Waals surface area contributed by atoms with Crippen LogP contribution in [0.3, 0.4) is 0 Å². The predicted octanol–water partition coefficient (Wildman–Crippen LogP) is 4.06. The van der Waals surface area contributed by atoms with E-state index < -0.39 is 18.2 Å². The number of benzene rings is 1. The number of β-amino-alcohol motifs (C(OH)–C–C–N with tert-alkyl or cyclic N) is 1. The molecular formula is C27H40N4O3S. The molecule has 0 bridgehead atoms. The molecule has 1 aliphatic rings. The fourth-order valence-electron chi connectivity index (χ4n) is 4.63. The molecule has 0 unspecified atom stereocenters. The van der Waals surface area contributed by atoms with Crippen molar-refractivity contribution in [1.29, 1.82) is 0 Å². The molecule has 2 amide bonds. The fourth-order valence-corrected chi connectivity index (χ4v) is 5.44. The number of thiazole rings is 1. The van der Waals surface area contributed by atoms with Gasteiger partial charge in [-0.25, -0.2) is 4.98 Å². The number of amides is 2. The van der Waals surface area contributed by atoms with Gasteiger partial charge in [0.1, 0.15) is 6.04 Å². The monoisotopic (exact) mass is 500 g/mol. The molecule has 1 saturated heterocycles. The van der Waals surface area contributed by atoms with E-state index in [1.165, 1.54) is 0 Å². The summed E-state index contributed by atoms with van der Waals surface area (Å²) in [5.74, 6) is -0.360. The number of aliphatic hydroxyl groups is 1. The lowest BCUT2D eigenvalue weighted by molar-refractivity contribution is -0.142. The first kappa shape index (κ1) is 27.3. The SMILES string of the molecule is CC[C@H](NC(=O)[C@@H]1C[C@@H](O)CN1C(=O)[C@@H](NC(C)C)C(C)(C)C)c1ccc(-c2scnc2C)cc1. The summed E-state index contributed by atoms with van der Waals surface area (Å²) in [6, 6.07) is 6.99. The highest BCUT2D eigenvalue weighted by Crippen LogP contribution is 2.30. The summed E-state index contributed by atoms with van der Waals surface area (Å²) < 4.78 is 0. The standard InChI is InChI=1S/C27H40N4O3S/c1-8-21(18-9-11-19(12-10-18)23-17(4)28-15-35-23)30-25(33)22-13-20(32)14-31(22)26(34)24(27(5,6)7)29-16(2)3/h9-12,15-16,20-22,24,29,32H,8,13-14H2,1-7H3,(H,30,33)/t20-,21+,22+,24-/m1/s1. The summed E-state index contributed by atoms with van der Waals surface area (Å²) in [7, 11) is 0. The minimum Gasteiger partial charge on any atom is -0.391 e. The third-order valence-corrected chi connectivity index (χ3v) is 7.50. The number of likely N-dealkylation sites (tertiary alicyclic amines) is 1. The molecule has 1 aromatic heterocycles. The van der Waals surface area contributed by atoms with E-state index in [1.807, 2.05) is 66.1 Å². The Kier molecular flexibility index (Phi) is 8.72. The maximum Gasteiger partial charge on any atom is 0.243 e. The van der Waals surface area contributed by atoms with Crippen LogP contribution in [0.15, 0.2) is 29.8 Å². The number of aryl methyl sites for hydroxylation is 1. The van der Waals surface area contributed by atoms with Crippen molar-refractivity contribution in [3.8, 4) is 10.4 Å². The summed E-state index contributed by atoms with van der Waals surface area (Å²) >= 11 is 1.61. The molecule has 35 heavy (non-hydrogen) atoms. The Bertz CT molecular complexity index is 1010. The number of nitrogens with zero attached hydrogens (tertiary/aromatic N) is 2. The third kappa shape index (κ3) is 6.48. The highest BCUT2D eigenvalue weighted by molar-refractivity contribution is 7.13. The van der Waals surface area contributed by atoms with Crippen LogP contribution in [0.1, 0.15) is 71.7 Å². The number of hydrogen-bond acceptors (Lipinski definition) is 6. The Balaban J connectivity index is 1.76. The van der Waals surface area contributed by atoms with Crippen LogP contribution in [0.2, 0.25) is 0 Å². The van der Waals surface area contributed by atoms with Gasteiger partial charge in [0.05, 0.1) is 34.3 Å². The van der Waals surface area contributed by atoms with Gasteiger partial charge in [-0.3, -0.25) is 9.59 Å². The molecule has 0 aliphatic carbocycles. The topological polar surface area (TPSA) is 94.6 Å². The van der Waals surface area contributed by atoms with Crippen LogP contribution in [0.25, 0.3) is 10.4 Å². The molecular weight excluding hydrogens is 460 g/mol. The van der Waals surface area contributed by atoms with Crippen molar-refractivity contribution in [3.05, 3.63) is 41.0 Å². The van der Waals surface area contributed by atoms with E-state index in [9.17, 15) is 14.7 Å². The molecule has 3 rings (SSSR count). The third-order valence-electron chi connectivity index (χ3n) is 6.52. The van der Waals surface area contributed by atoms with E-state index in [0.29, 0.717) is 6.42 Å². The lowest BCUT2D eigenvalue weighted by Crippen LogP contribution is -2.58. The quantitative estimate of drug-likeness (QED) is 0.508. The minimum absolute atomic E-state index is 0.115. The molecule has 1 fully saturated rings. The highest BCUT2D eigenvalue weighted by atomic mass is 32.1. The van der Waals surface area contributed by atoms with Gasteiger partial charge in [-0.2, -0.15) is 0 Å². The number of hydrogen-bond donors (Lipinski definition) is 3. The summed E-state index contributed by atoms with van der Waals surface area (Å²) in [4.78, 5) is 34.0. The molecule has 192 valence electrons. The van der Waals surface area contributed by atoms with Crippen molar-refractivity contribution < 1.29 is 14.7 Å². The van der Waals surface area contributed by atoms with Crippen LogP contribution >= 0.6 is 11.3 Å². The van der Waals surface area contributed by atoms with Crippen molar-refractivity contribution in [2.75, 3.05) is 6.54 Å².